The van der Waals surface area contributed by atoms with E-state index in [1.54, 1.807) is 12.0 Å². The van der Waals surface area contributed by atoms with Gasteiger partial charge in [-0.25, -0.2) is 4.79 Å². The first-order chi connectivity index (χ1) is 9.32. The number of carbonyl (C=O) groups is 1. The van der Waals surface area contributed by atoms with Crippen molar-refractivity contribution >= 4 is 6.03 Å². The first-order valence-corrected chi connectivity index (χ1v) is 7.54. The van der Waals surface area contributed by atoms with Crippen LogP contribution in [0.15, 0.2) is 0 Å². The van der Waals surface area contributed by atoms with E-state index in [4.69, 9.17) is 9.84 Å². The largest absolute Gasteiger partial charge is 0.395 e. The minimum absolute atomic E-state index is 0.000972. The highest BCUT2D eigenvalue weighted by Crippen LogP contribution is 2.51. The lowest BCUT2D eigenvalue weighted by Gasteiger charge is -2.59. The van der Waals surface area contributed by atoms with Crippen LogP contribution in [0, 0.1) is 5.41 Å². The van der Waals surface area contributed by atoms with Crippen molar-refractivity contribution in [1.82, 2.24) is 10.2 Å². The molecule has 20 heavy (non-hydrogen) atoms. The number of rotatable bonds is 7. The van der Waals surface area contributed by atoms with Crippen LogP contribution < -0.4 is 5.32 Å². The summed E-state index contributed by atoms with van der Waals surface area (Å²) in [6.45, 7) is 9.49. The van der Waals surface area contributed by atoms with Crippen LogP contribution >= 0.6 is 0 Å². The molecule has 0 saturated heterocycles. The van der Waals surface area contributed by atoms with Gasteiger partial charge in [0.25, 0.3) is 0 Å². The van der Waals surface area contributed by atoms with Crippen LogP contribution in [-0.2, 0) is 4.74 Å². The number of hydrogen-bond donors (Lipinski definition) is 2. The second kappa shape index (κ2) is 6.76. The number of nitrogens with zero attached hydrogens (tertiary/aromatic N) is 1. The SMILES string of the molecule is CCCCN(CCO)C(=O)NC1CC(C)(OC)C1(C)C. The molecule has 118 valence electrons. The molecule has 1 fully saturated rings. The third kappa shape index (κ3) is 3.26. The smallest absolute Gasteiger partial charge is 0.317 e. The van der Waals surface area contributed by atoms with Gasteiger partial charge in [0.1, 0.15) is 0 Å². The molecule has 2 amide bonds. The average Bonchev–Trinajstić information content (AvgIpc) is 2.42. The van der Waals surface area contributed by atoms with Gasteiger partial charge in [0.15, 0.2) is 0 Å². The highest BCUT2D eigenvalue weighted by Gasteiger charge is 2.58. The van der Waals surface area contributed by atoms with Crippen molar-refractivity contribution in [2.75, 3.05) is 26.8 Å². The number of unbranched alkanes of at least 4 members (excludes halogenated alkanes) is 1. The molecule has 1 saturated carbocycles. The Morgan fingerprint density at radius 1 is 1.40 bits per heavy atom. The summed E-state index contributed by atoms with van der Waals surface area (Å²) in [5.41, 5.74) is -0.275. The Labute approximate surface area is 122 Å². The van der Waals surface area contributed by atoms with Gasteiger partial charge in [-0.05, 0) is 19.8 Å². The van der Waals surface area contributed by atoms with Crippen molar-refractivity contribution in [1.29, 1.82) is 0 Å². The van der Waals surface area contributed by atoms with Gasteiger partial charge in [0, 0.05) is 31.7 Å². The van der Waals surface area contributed by atoms with Gasteiger partial charge in [-0.15, -0.1) is 0 Å². The monoisotopic (exact) mass is 286 g/mol. The van der Waals surface area contributed by atoms with E-state index in [0.717, 1.165) is 19.3 Å². The second-order valence-corrected chi connectivity index (χ2v) is 6.43. The number of urea groups is 1. The molecule has 0 bridgehead atoms. The van der Waals surface area contributed by atoms with Crippen LogP contribution in [0.3, 0.4) is 0 Å². The van der Waals surface area contributed by atoms with E-state index in [-0.39, 0.29) is 29.7 Å². The molecule has 0 heterocycles. The topological polar surface area (TPSA) is 61.8 Å². The number of ether oxygens (including phenoxy) is 1. The van der Waals surface area contributed by atoms with Crippen LogP contribution in [0.5, 0.6) is 0 Å². The molecule has 0 radical (unpaired) electrons. The fourth-order valence-corrected chi connectivity index (χ4v) is 2.75. The number of amides is 2. The van der Waals surface area contributed by atoms with Gasteiger partial charge in [-0.1, -0.05) is 27.2 Å². The summed E-state index contributed by atoms with van der Waals surface area (Å²) in [5.74, 6) is 0. The number of methoxy groups -OCH3 is 1. The molecule has 1 rings (SSSR count). The molecule has 0 aromatic carbocycles. The number of aliphatic hydroxyl groups is 1. The first-order valence-electron chi connectivity index (χ1n) is 7.54. The van der Waals surface area contributed by atoms with E-state index < -0.39 is 0 Å². The van der Waals surface area contributed by atoms with Crippen molar-refractivity contribution in [2.45, 2.75) is 58.6 Å². The third-order valence-electron chi connectivity index (χ3n) is 5.01. The maximum atomic E-state index is 12.3. The van der Waals surface area contributed by atoms with Crippen LogP contribution in [0.4, 0.5) is 4.79 Å². The Balaban J connectivity index is 2.57. The Hall–Kier alpha value is -0.810. The standard InChI is InChI=1S/C15H30N2O3/c1-6-7-8-17(9-10-18)13(19)16-12-11-15(4,20-5)14(12,2)3/h12,18H,6-11H2,1-5H3,(H,16,19). The van der Waals surface area contributed by atoms with Crippen molar-refractivity contribution < 1.29 is 14.6 Å². The van der Waals surface area contributed by atoms with Gasteiger partial charge in [-0.3, -0.25) is 0 Å². The zero-order valence-electron chi connectivity index (χ0n) is 13.5. The molecule has 2 unspecified atom stereocenters. The van der Waals surface area contributed by atoms with Crippen LogP contribution in [-0.4, -0.2) is 54.5 Å². The summed E-state index contributed by atoms with van der Waals surface area (Å²) in [6, 6.07) is 0.0338. The summed E-state index contributed by atoms with van der Waals surface area (Å²) in [4.78, 5) is 14.0. The summed E-state index contributed by atoms with van der Waals surface area (Å²) in [6.07, 6.45) is 2.81. The number of hydrogen-bond acceptors (Lipinski definition) is 3. The second-order valence-electron chi connectivity index (χ2n) is 6.43. The summed E-state index contributed by atoms with van der Waals surface area (Å²) in [5, 5.41) is 12.2. The minimum Gasteiger partial charge on any atom is -0.395 e. The summed E-state index contributed by atoms with van der Waals surface area (Å²) in [7, 11) is 1.72. The molecule has 5 nitrogen and oxygen atoms in total. The van der Waals surface area contributed by atoms with Crippen molar-refractivity contribution in [3.63, 3.8) is 0 Å². The molecule has 1 aliphatic rings. The lowest BCUT2D eigenvalue weighted by molar-refractivity contribution is -0.177. The number of aliphatic hydroxyl groups excluding tert-OH is 1. The lowest BCUT2D eigenvalue weighted by atomic mass is 9.56. The van der Waals surface area contributed by atoms with Gasteiger partial charge in [-0.2, -0.15) is 0 Å². The van der Waals surface area contributed by atoms with Gasteiger partial charge in [0.05, 0.1) is 12.2 Å². The fourth-order valence-electron chi connectivity index (χ4n) is 2.75. The molecule has 2 N–H and O–H groups in total. The predicted octanol–water partition coefficient (Wildman–Crippen LogP) is 1.99. The highest BCUT2D eigenvalue weighted by atomic mass is 16.5. The Morgan fingerprint density at radius 3 is 2.50 bits per heavy atom. The highest BCUT2D eigenvalue weighted by molar-refractivity contribution is 5.75. The molecular weight excluding hydrogens is 256 g/mol. The minimum atomic E-state index is -0.184. The normalized spacial score (nSPS) is 27.8. The zero-order chi connectivity index (χ0) is 15.4. The Bertz CT molecular complexity index is 333. The van der Waals surface area contributed by atoms with Crippen molar-refractivity contribution in [2.24, 2.45) is 5.41 Å². The Kier molecular flexibility index (Phi) is 5.83. The molecule has 1 aliphatic carbocycles. The molecule has 0 aromatic rings. The third-order valence-corrected chi connectivity index (χ3v) is 5.01. The van der Waals surface area contributed by atoms with E-state index in [9.17, 15) is 4.79 Å². The molecule has 0 aromatic heterocycles. The quantitative estimate of drug-likeness (QED) is 0.752. The van der Waals surface area contributed by atoms with Crippen LogP contribution in [0.2, 0.25) is 0 Å². The molecule has 5 heteroatoms. The van der Waals surface area contributed by atoms with E-state index in [1.807, 2.05) is 0 Å². The maximum absolute atomic E-state index is 12.3. The van der Waals surface area contributed by atoms with Gasteiger partial charge in [0.2, 0.25) is 0 Å². The lowest BCUT2D eigenvalue weighted by Crippen LogP contribution is -2.69. The van der Waals surface area contributed by atoms with E-state index in [1.165, 1.54) is 0 Å². The van der Waals surface area contributed by atoms with Gasteiger partial charge < -0.3 is 20.1 Å². The maximum Gasteiger partial charge on any atom is 0.317 e. The van der Waals surface area contributed by atoms with Crippen LogP contribution in [0.1, 0.15) is 47.0 Å². The predicted molar refractivity (Wildman–Crippen MR) is 79.7 cm³/mol. The van der Waals surface area contributed by atoms with Gasteiger partial charge >= 0.3 is 6.03 Å². The molecule has 0 aliphatic heterocycles. The number of carbonyl (C=O) groups excluding carboxylic acids is 1. The summed E-state index contributed by atoms with van der Waals surface area (Å²) < 4.78 is 5.57. The number of nitrogens with one attached hydrogen (secondary N) is 1. The average molecular weight is 286 g/mol. The Morgan fingerprint density at radius 2 is 2.05 bits per heavy atom. The van der Waals surface area contributed by atoms with E-state index >= 15 is 0 Å². The summed E-state index contributed by atoms with van der Waals surface area (Å²) >= 11 is 0. The zero-order valence-corrected chi connectivity index (χ0v) is 13.5. The molecular formula is C15H30N2O3. The first kappa shape index (κ1) is 17.2. The van der Waals surface area contributed by atoms with Crippen molar-refractivity contribution in [3.05, 3.63) is 0 Å². The van der Waals surface area contributed by atoms with E-state index in [2.05, 4.69) is 33.0 Å². The van der Waals surface area contributed by atoms with Crippen molar-refractivity contribution in [3.8, 4) is 0 Å². The molecule has 0 spiro atoms. The molecule has 2 atom stereocenters. The van der Waals surface area contributed by atoms with Crippen LogP contribution in [0.25, 0.3) is 0 Å². The fraction of sp³-hybridized carbons (Fsp3) is 0.933. The van der Waals surface area contributed by atoms with E-state index in [0.29, 0.717) is 13.1 Å².